The average Bonchev–Trinajstić information content (AvgIpc) is 2.78. The highest BCUT2D eigenvalue weighted by molar-refractivity contribution is 14.0. The van der Waals surface area contributed by atoms with E-state index in [1.807, 2.05) is 18.2 Å². The molecule has 1 fully saturated rings. The van der Waals surface area contributed by atoms with Crippen LogP contribution in [0.4, 0.5) is 0 Å². The van der Waals surface area contributed by atoms with Gasteiger partial charge in [0, 0.05) is 38.7 Å². The lowest BCUT2D eigenvalue weighted by molar-refractivity contribution is -0.127. The van der Waals surface area contributed by atoms with Crippen LogP contribution in [0, 0.1) is 5.92 Å². The molecule has 0 saturated carbocycles. The summed E-state index contributed by atoms with van der Waals surface area (Å²) in [4.78, 5) is 18.4. The van der Waals surface area contributed by atoms with Gasteiger partial charge in [0.2, 0.25) is 5.91 Å². The second-order valence-corrected chi connectivity index (χ2v) is 8.68. The lowest BCUT2D eigenvalue weighted by Crippen LogP contribution is -2.50. The number of carbonyl (C=O) groups is 1. The molecule has 1 aromatic carbocycles. The van der Waals surface area contributed by atoms with Crippen molar-refractivity contribution >= 4 is 35.8 Å². The summed E-state index contributed by atoms with van der Waals surface area (Å²) in [6.07, 6.45) is 5.27. The van der Waals surface area contributed by atoms with Crippen LogP contribution < -0.4 is 15.4 Å². The van der Waals surface area contributed by atoms with Crippen molar-refractivity contribution < 1.29 is 14.3 Å². The Bertz CT molecular complexity index is 755. The van der Waals surface area contributed by atoms with E-state index in [-0.39, 0.29) is 54.6 Å². The second-order valence-electron chi connectivity index (χ2n) is 8.68. The molecular formula is C24H39IN4O3. The van der Waals surface area contributed by atoms with E-state index in [9.17, 15) is 4.79 Å². The second kappa shape index (κ2) is 13.2. The number of likely N-dealkylation sites (N-methyl/N-ethyl adjacent to an activating group) is 1. The lowest BCUT2D eigenvalue weighted by atomic mass is 9.89. The molecule has 2 N–H and O–H groups in total. The van der Waals surface area contributed by atoms with E-state index in [0.717, 1.165) is 50.0 Å². The maximum atomic E-state index is 12.2. The highest BCUT2D eigenvalue weighted by atomic mass is 127. The zero-order valence-corrected chi connectivity index (χ0v) is 22.1. The standard InChI is InChI=1S/C24H38N4O3.HI/c1-5-17(6-2)22-15-18(11-13-31-22)26-24(25-16-23(29)28(3)4)27-20-12-14-30-21-10-8-7-9-19(20)21;/h7-10,17-18,20,22H,5-6,11-16H2,1-4H3,(H2,25,26,27);1H. The number of carbonyl (C=O) groups excluding carboxylic acids is 1. The summed E-state index contributed by atoms with van der Waals surface area (Å²) in [6.45, 7) is 6.00. The molecule has 1 saturated heterocycles. The van der Waals surface area contributed by atoms with E-state index < -0.39 is 0 Å². The van der Waals surface area contributed by atoms with Gasteiger partial charge >= 0.3 is 0 Å². The van der Waals surface area contributed by atoms with E-state index in [4.69, 9.17) is 9.47 Å². The Morgan fingerprint density at radius 2 is 1.91 bits per heavy atom. The third-order valence-corrected chi connectivity index (χ3v) is 6.37. The molecule has 2 heterocycles. The predicted octanol–water partition coefficient (Wildman–Crippen LogP) is 3.74. The molecule has 0 aliphatic carbocycles. The van der Waals surface area contributed by atoms with Crippen LogP contribution in [-0.4, -0.2) is 62.8 Å². The first-order valence-electron chi connectivity index (χ1n) is 11.6. The van der Waals surface area contributed by atoms with Gasteiger partial charge in [0.05, 0.1) is 18.8 Å². The summed E-state index contributed by atoms with van der Waals surface area (Å²) in [5, 5.41) is 7.18. The van der Waals surface area contributed by atoms with E-state index in [1.165, 1.54) is 0 Å². The number of hydrogen-bond acceptors (Lipinski definition) is 4. The monoisotopic (exact) mass is 558 g/mol. The number of benzene rings is 1. The molecule has 0 bridgehead atoms. The van der Waals surface area contributed by atoms with Gasteiger partial charge in [-0.3, -0.25) is 4.79 Å². The van der Waals surface area contributed by atoms with E-state index in [1.54, 1.807) is 19.0 Å². The van der Waals surface area contributed by atoms with Gasteiger partial charge in [-0.05, 0) is 24.8 Å². The predicted molar refractivity (Wildman–Crippen MR) is 139 cm³/mol. The molecule has 1 amide bonds. The number of amides is 1. The molecule has 2 aliphatic heterocycles. The topological polar surface area (TPSA) is 75.2 Å². The SMILES string of the molecule is CCC(CC)C1CC(NC(=NCC(=O)N(C)C)NC2CCOc3ccccc32)CCO1.I. The maximum absolute atomic E-state index is 12.2. The third-order valence-electron chi connectivity index (χ3n) is 6.37. The summed E-state index contributed by atoms with van der Waals surface area (Å²) in [7, 11) is 3.51. The van der Waals surface area contributed by atoms with Crippen LogP contribution in [0.25, 0.3) is 0 Å². The van der Waals surface area contributed by atoms with Crippen LogP contribution in [0.1, 0.15) is 57.6 Å². The quantitative estimate of drug-likeness (QED) is 0.303. The van der Waals surface area contributed by atoms with Crippen LogP contribution in [0.5, 0.6) is 5.75 Å². The number of guanidine groups is 1. The number of para-hydroxylation sites is 1. The van der Waals surface area contributed by atoms with E-state index >= 15 is 0 Å². The number of fused-ring (bicyclic) bond motifs is 1. The van der Waals surface area contributed by atoms with Crippen molar-refractivity contribution in [2.75, 3.05) is 33.9 Å². The van der Waals surface area contributed by atoms with E-state index in [2.05, 4.69) is 35.5 Å². The zero-order valence-electron chi connectivity index (χ0n) is 19.8. The average molecular weight is 559 g/mol. The highest BCUT2D eigenvalue weighted by Gasteiger charge is 2.29. The van der Waals surface area contributed by atoms with Gasteiger partial charge in [0.25, 0.3) is 0 Å². The number of rotatable bonds is 7. The first-order valence-corrected chi connectivity index (χ1v) is 11.6. The van der Waals surface area contributed by atoms with Crippen molar-refractivity contribution in [2.24, 2.45) is 10.9 Å². The van der Waals surface area contributed by atoms with Crippen molar-refractivity contribution in [3.8, 4) is 5.75 Å². The Hall–Kier alpha value is -1.55. The van der Waals surface area contributed by atoms with Crippen LogP contribution in [0.2, 0.25) is 0 Å². The molecule has 3 atom stereocenters. The molecule has 2 aliphatic rings. The minimum Gasteiger partial charge on any atom is -0.493 e. The fraction of sp³-hybridized carbons (Fsp3) is 0.667. The number of hydrogen-bond donors (Lipinski definition) is 2. The van der Waals surface area contributed by atoms with Crippen LogP contribution in [-0.2, 0) is 9.53 Å². The van der Waals surface area contributed by atoms with Gasteiger partial charge in [-0.1, -0.05) is 44.9 Å². The zero-order chi connectivity index (χ0) is 22.2. The molecule has 8 heteroatoms. The summed E-state index contributed by atoms with van der Waals surface area (Å²) < 4.78 is 11.9. The van der Waals surface area contributed by atoms with Crippen molar-refractivity contribution in [1.82, 2.24) is 15.5 Å². The third kappa shape index (κ3) is 7.23. The van der Waals surface area contributed by atoms with Gasteiger partial charge in [0.15, 0.2) is 5.96 Å². The molecule has 0 radical (unpaired) electrons. The Balaban J connectivity index is 0.00000363. The van der Waals surface area contributed by atoms with Crippen LogP contribution in [0.3, 0.4) is 0 Å². The van der Waals surface area contributed by atoms with Gasteiger partial charge in [-0.25, -0.2) is 4.99 Å². The molecule has 3 unspecified atom stereocenters. The maximum Gasteiger partial charge on any atom is 0.243 e. The van der Waals surface area contributed by atoms with Crippen molar-refractivity contribution in [1.29, 1.82) is 0 Å². The highest BCUT2D eigenvalue weighted by Crippen LogP contribution is 2.31. The Morgan fingerprint density at radius 1 is 1.16 bits per heavy atom. The molecular weight excluding hydrogens is 519 g/mol. The van der Waals surface area contributed by atoms with Gasteiger partial charge < -0.3 is 25.0 Å². The van der Waals surface area contributed by atoms with E-state index in [0.29, 0.717) is 18.5 Å². The number of nitrogens with zero attached hydrogens (tertiary/aromatic N) is 2. The fourth-order valence-corrected chi connectivity index (χ4v) is 4.37. The molecule has 1 aromatic rings. The molecule has 32 heavy (non-hydrogen) atoms. The molecule has 3 rings (SSSR count). The van der Waals surface area contributed by atoms with Crippen molar-refractivity contribution in [3.05, 3.63) is 29.8 Å². The largest absolute Gasteiger partial charge is 0.493 e. The number of nitrogens with one attached hydrogen (secondary N) is 2. The number of aliphatic imine (C=N–C) groups is 1. The molecule has 7 nitrogen and oxygen atoms in total. The van der Waals surface area contributed by atoms with Crippen molar-refractivity contribution in [2.45, 2.75) is 64.1 Å². The lowest BCUT2D eigenvalue weighted by Gasteiger charge is -2.36. The Kier molecular flexibility index (Phi) is 11.0. The molecule has 0 spiro atoms. The van der Waals surface area contributed by atoms with Crippen molar-refractivity contribution in [3.63, 3.8) is 0 Å². The normalized spacial score (nSPS) is 22.9. The first-order chi connectivity index (χ1) is 15.0. The molecule has 0 aromatic heterocycles. The fourth-order valence-electron chi connectivity index (χ4n) is 4.37. The first kappa shape index (κ1) is 26.7. The minimum absolute atomic E-state index is 0. The van der Waals surface area contributed by atoms with Crippen LogP contribution >= 0.6 is 24.0 Å². The van der Waals surface area contributed by atoms with Gasteiger partial charge in [-0.15, -0.1) is 24.0 Å². The number of ether oxygens (including phenoxy) is 2. The summed E-state index contributed by atoms with van der Waals surface area (Å²) in [5.74, 6) is 2.16. The number of halogens is 1. The Morgan fingerprint density at radius 3 is 2.62 bits per heavy atom. The summed E-state index contributed by atoms with van der Waals surface area (Å²) in [6, 6.07) is 8.48. The van der Waals surface area contributed by atoms with Gasteiger partial charge in [0.1, 0.15) is 12.3 Å². The van der Waals surface area contributed by atoms with Gasteiger partial charge in [-0.2, -0.15) is 0 Å². The van der Waals surface area contributed by atoms with Crippen LogP contribution in [0.15, 0.2) is 29.3 Å². The smallest absolute Gasteiger partial charge is 0.243 e. The summed E-state index contributed by atoms with van der Waals surface area (Å²) >= 11 is 0. The Labute approximate surface area is 209 Å². The summed E-state index contributed by atoms with van der Waals surface area (Å²) in [5.41, 5.74) is 1.13. The minimum atomic E-state index is -0.0182. The molecule has 180 valence electrons.